The van der Waals surface area contributed by atoms with E-state index in [0.29, 0.717) is 18.3 Å². The van der Waals surface area contributed by atoms with Crippen molar-refractivity contribution in [1.29, 1.82) is 0 Å². The molecule has 0 aromatic carbocycles. The van der Waals surface area contributed by atoms with E-state index in [0.717, 1.165) is 6.42 Å². The minimum absolute atomic E-state index is 0.00152. The first kappa shape index (κ1) is 28.5. The molecule has 0 aliphatic rings. The average molecular weight is 411 g/mol. The fraction of sp³-hybridized carbons (Fsp3) is 0.963. The first-order valence-electron chi connectivity index (χ1n) is 13.2. The van der Waals surface area contributed by atoms with Crippen molar-refractivity contribution in [3.05, 3.63) is 0 Å². The van der Waals surface area contributed by atoms with Gasteiger partial charge in [0.05, 0.1) is 0 Å². The molecule has 0 fully saturated rings. The molecule has 0 spiro atoms. The molecule has 174 valence electrons. The molecule has 0 bridgehead atoms. The molecule has 0 N–H and O–H groups in total. The van der Waals surface area contributed by atoms with Crippen LogP contribution in [0.3, 0.4) is 0 Å². The van der Waals surface area contributed by atoms with Crippen LogP contribution in [-0.4, -0.2) is 12.1 Å². The topological polar surface area (TPSA) is 26.3 Å². The first-order valence-corrected chi connectivity index (χ1v) is 13.2. The summed E-state index contributed by atoms with van der Waals surface area (Å²) >= 11 is 0. The van der Waals surface area contributed by atoms with Crippen LogP contribution in [0.25, 0.3) is 0 Å². The zero-order valence-electron chi connectivity index (χ0n) is 20.8. The Hall–Kier alpha value is -0.530. The lowest BCUT2D eigenvalue weighted by molar-refractivity contribution is -0.154. The van der Waals surface area contributed by atoms with E-state index in [2.05, 4.69) is 34.6 Å². The van der Waals surface area contributed by atoms with Crippen molar-refractivity contribution in [3.63, 3.8) is 0 Å². The lowest BCUT2D eigenvalue weighted by atomic mass is 9.96. The third-order valence-electron chi connectivity index (χ3n) is 6.07. The number of unbranched alkanes of at least 4 members (excludes halogenated alkanes) is 16. The van der Waals surface area contributed by atoms with Gasteiger partial charge in [-0.1, -0.05) is 137 Å². The van der Waals surface area contributed by atoms with Gasteiger partial charge < -0.3 is 4.74 Å². The summed E-state index contributed by atoms with van der Waals surface area (Å²) in [7, 11) is 0. The van der Waals surface area contributed by atoms with Gasteiger partial charge in [-0.25, -0.2) is 0 Å². The molecule has 2 nitrogen and oxygen atoms in total. The second-order valence-corrected chi connectivity index (χ2v) is 9.85. The average Bonchev–Trinajstić information content (AvgIpc) is 2.68. The van der Waals surface area contributed by atoms with Gasteiger partial charge >= 0.3 is 5.97 Å². The molecule has 0 heterocycles. The minimum Gasteiger partial charge on any atom is -0.462 e. The highest BCUT2D eigenvalue weighted by atomic mass is 16.5. The molecule has 0 saturated heterocycles. The van der Waals surface area contributed by atoms with Crippen LogP contribution in [0.1, 0.15) is 150 Å². The number of hydrogen-bond donors (Lipinski definition) is 0. The zero-order chi connectivity index (χ0) is 21.7. The number of ether oxygens (including phenoxy) is 1. The summed E-state index contributed by atoms with van der Waals surface area (Å²) in [6.45, 7) is 10.8. The summed E-state index contributed by atoms with van der Waals surface area (Å²) in [5.74, 6) is 0.794. The summed E-state index contributed by atoms with van der Waals surface area (Å²) in [6, 6.07) is 0. The van der Waals surface area contributed by atoms with Crippen molar-refractivity contribution in [3.8, 4) is 0 Å². The van der Waals surface area contributed by atoms with Crippen LogP contribution < -0.4 is 0 Å². The molecule has 0 aromatic heterocycles. The van der Waals surface area contributed by atoms with E-state index < -0.39 is 0 Å². The van der Waals surface area contributed by atoms with Crippen LogP contribution in [0.5, 0.6) is 0 Å². The second-order valence-electron chi connectivity index (χ2n) is 9.85. The van der Waals surface area contributed by atoms with Crippen LogP contribution in [0.2, 0.25) is 0 Å². The minimum atomic E-state index is -0.00152. The molecular formula is C27H54O2. The maximum atomic E-state index is 12.0. The monoisotopic (exact) mass is 410 g/mol. The van der Waals surface area contributed by atoms with E-state index >= 15 is 0 Å². The predicted octanol–water partition coefficient (Wildman–Crippen LogP) is 9.25. The summed E-state index contributed by atoms with van der Waals surface area (Å²) < 4.78 is 5.66. The van der Waals surface area contributed by atoms with Crippen molar-refractivity contribution in [2.75, 3.05) is 0 Å². The van der Waals surface area contributed by atoms with Gasteiger partial charge in [-0.15, -0.1) is 0 Å². The van der Waals surface area contributed by atoms with Crippen molar-refractivity contribution >= 4 is 5.97 Å². The lowest BCUT2D eigenvalue weighted by Crippen LogP contribution is -2.28. The SMILES string of the molecule is CCCCCCCCCCCCCCCCCCCC(=O)OC(C(C)C)C(C)C. The summed E-state index contributed by atoms with van der Waals surface area (Å²) in [4.78, 5) is 12.0. The smallest absolute Gasteiger partial charge is 0.306 e. The fourth-order valence-corrected chi connectivity index (χ4v) is 4.25. The van der Waals surface area contributed by atoms with Gasteiger partial charge in [0.25, 0.3) is 0 Å². The van der Waals surface area contributed by atoms with Crippen molar-refractivity contribution in [2.45, 2.75) is 156 Å². The van der Waals surface area contributed by atoms with Crippen LogP contribution >= 0.6 is 0 Å². The Bertz CT molecular complexity index is 340. The Morgan fingerprint density at radius 2 is 0.862 bits per heavy atom. The van der Waals surface area contributed by atoms with Gasteiger partial charge in [0.15, 0.2) is 0 Å². The molecule has 0 aliphatic heterocycles. The molecule has 0 radical (unpaired) electrons. The highest BCUT2D eigenvalue weighted by Gasteiger charge is 2.21. The van der Waals surface area contributed by atoms with Crippen molar-refractivity contribution in [2.24, 2.45) is 11.8 Å². The van der Waals surface area contributed by atoms with Crippen molar-refractivity contribution in [1.82, 2.24) is 0 Å². The Labute approximate surface area is 184 Å². The van der Waals surface area contributed by atoms with Crippen LogP contribution in [0.15, 0.2) is 0 Å². The maximum Gasteiger partial charge on any atom is 0.306 e. The Morgan fingerprint density at radius 3 is 1.17 bits per heavy atom. The van der Waals surface area contributed by atoms with Crippen LogP contribution in [0, 0.1) is 11.8 Å². The van der Waals surface area contributed by atoms with E-state index in [1.807, 2.05) is 0 Å². The molecule has 2 heteroatoms. The van der Waals surface area contributed by atoms with E-state index in [9.17, 15) is 4.79 Å². The number of hydrogen-bond acceptors (Lipinski definition) is 2. The lowest BCUT2D eigenvalue weighted by Gasteiger charge is -2.24. The summed E-state index contributed by atoms with van der Waals surface area (Å²) in [5, 5.41) is 0. The second kappa shape index (κ2) is 20.7. The molecule has 0 atom stereocenters. The van der Waals surface area contributed by atoms with Gasteiger partial charge in [-0.3, -0.25) is 4.79 Å². The normalized spacial score (nSPS) is 11.7. The van der Waals surface area contributed by atoms with Gasteiger partial charge in [0, 0.05) is 6.42 Å². The predicted molar refractivity (Wildman–Crippen MR) is 128 cm³/mol. The Kier molecular flexibility index (Phi) is 20.4. The molecular weight excluding hydrogens is 356 g/mol. The fourth-order valence-electron chi connectivity index (χ4n) is 4.25. The Morgan fingerprint density at radius 1 is 0.552 bits per heavy atom. The van der Waals surface area contributed by atoms with Gasteiger partial charge in [0.2, 0.25) is 0 Å². The molecule has 0 rings (SSSR count). The zero-order valence-corrected chi connectivity index (χ0v) is 20.8. The third kappa shape index (κ3) is 19.2. The molecule has 0 unspecified atom stereocenters. The highest BCUT2D eigenvalue weighted by molar-refractivity contribution is 5.69. The number of carbonyl (C=O) groups is 1. The molecule has 0 aliphatic carbocycles. The molecule has 29 heavy (non-hydrogen) atoms. The maximum absolute atomic E-state index is 12.0. The van der Waals surface area contributed by atoms with Gasteiger partial charge in [0.1, 0.15) is 6.10 Å². The van der Waals surface area contributed by atoms with E-state index in [-0.39, 0.29) is 12.1 Å². The molecule has 0 amide bonds. The first-order chi connectivity index (χ1) is 14.0. The van der Waals surface area contributed by atoms with Crippen LogP contribution in [-0.2, 0) is 9.53 Å². The van der Waals surface area contributed by atoms with Gasteiger partial charge in [-0.05, 0) is 18.3 Å². The summed E-state index contributed by atoms with van der Waals surface area (Å²) in [6.07, 6.45) is 23.9. The number of carbonyl (C=O) groups excluding carboxylic acids is 1. The summed E-state index contributed by atoms with van der Waals surface area (Å²) in [5.41, 5.74) is 0. The van der Waals surface area contributed by atoms with E-state index in [1.165, 1.54) is 103 Å². The number of rotatable bonds is 21. The Balaban J connectivity index is 3.30. The largest absolute Gasteiger partial charge is 0.462 e. The van der Waals surface area contributed by atoms with Gasteiger partial charge in [-0.2, -0.15) is 0 Å². The van der Waals surface area contributed by atoms with Crippen LogP contribution in [0.4, 0.5) is 0 Å². The third-order valence-corrected chi connectivity index (χ3v) is 6.07. The standard InChI is InChI=1S/C27H54O2/c1-6-7-8-9-10-11-12-13-14-15-16-17-18-19-20-21-22-23-26(28)29-27(24(2)3)25(4)5/h24-25,27H,6-23H2,1-5H3. The van der Waals surface area contributed by atoms with E-state index in [4.69, 9.17) is 4.74 Å². The van der Waals surface area contributed by atoms with Crippen molar-refractivity contribution < 1.29 is 9.53 Å². The number of esters is 1. The molecule has 0 aromatic rings. The quantitative estimate of drug-likeness (QED) is 0.139. The molecule has 0 saturated carbocycles. The van der Waals surface area contributed by atoms with E-state index in [1.54, 1.807) is 0 Å². The highest BCUT2D eigenvalue weighted by Crippen LogP contribution is 2.18.